The van der Waals surface area contributed by atoms with Crippen molar-refractivity contribution in [3.63, 3.8) is 0 Å². The third-order valence-corrected chi connectivity index (χ3v) is 0. The average Bonchev–Trinajstić information content (AvgIpc) is 0. The standard InChI is InChI=1S/4CH3.Co/h4*1H3;/q4*-1;. The molecule has 5 heavy (non-hydrogen) atoms. The zero-order chi connectivity index (χ0) is 0. The van der Waals surface area contributed by atoms with Gasteiger partial charge in [0, 0.05) is 16.8 Å². The van der Waals surface area contributed by atoms with Crippen LogP contribution in [-0.2, 0) is 16.8 Å². The zero-order valence-corrected chi connectivity index (χ0v) is 5.37. The summed E-state index contributed by atoms with van der Waals surface area (Å²) in [4.78, 5) is 0. The topological polar surface area (TPSA) is 0 Å². The fraction of sp³-hybridized carbons (Fsp3) is 0. The molecule has 0 rings (SSSR count). The minimum Gasteiger partial charge on any atom is -0.358 e. The average molecular weight is 119 g/mol. The van der Waals surface area contributed by atoms with Gasteiger partial charge in [0.2, 0.25) is 0 Å². The Morgan fingerprint density at radius 3 is 0.400 bits per heavy atom. The molecule has 0 bridgehead atoms. The molecule has 0 aromatic carbocycles. The van der Waals surface area contributed by atoms with E-state index in [-0.39, 0.29) is 46.5 Å². The molecule has 41 valence electrons. The fourth-order valence-electron chi connectivity index (χ4n) is 0. The molecule has 0 amide bonds. The first-order valence-corrected chi connectivity index (χ1v) is 0. The van der Waals surface area contributed by atoms with Gasteiger partial charge in [0.1, 0.15) is 0 Å². The van der Waals surface area contributed by atoms with E-state index in [4.69, 9.17) is 0 Å². The van der Waals surface area contributed by atoms with Gasteiger partial charge < -0.3 is 29.7 Å². The zero-order valence-electron chi connectivity index (χ0n) is 4.33. The molecular formula is C4H12Co-4. The Hall–Kier alpha value is 0.506. The van der Waals surface area contributed by atoms with Crippen LogP contribution in [0.3, 0.4) is 0 Å². The summed E-state index contributed by atoms with van der Waals surface area (Å²) in [6, 6.07) is 0. The van der Waals surface area contributed by atoms with Crippen molar-refractivity contribution in [3.05, 3.63) is 29.7 Å². The van der Waals surface area contributed by atoms with Crippen LogP contribution in [0.4, 0.5) is 0 Å². The normalized spacial score (nSPS) is 0. The molecule has 0 aliphatic heterocycles. The SMILES string of the molecule is [CH3-].[CH3-].[CH3-].[CH3-].[Co]. The van der Waals surface area contributed by atoms with E-state index in [0.29, 0.717) is 0 Å². The molecule has 0 nitrogen and oxygen atoms in total. The Morgan fingerprint density at radius 2 is 0.400 bits per heavy atom. The van der Waals surface area contributed by atoms with E-state index in [0.717, 1.165) is 0 Å². The van der Waals surface area contributed by atoms with Gasteiger partial charge in [-0.15, -0.1) is 0 Å². The molecule has 0 fully saturated rings. The van der Waals surface area contributed by atoms with Gasteiger partial charge in [-0.1, -0.05) is 0 Å². The van der Waals surface area contributed by atoms with Crippen LogP contribution in [0.2, 0.25) is 0 Å². The molecule has 0 heterocycles. The second kappa shape index (κ2) is 216. The predicted octanol–water partition coefficient (Wildman–Crippen LogP) is 1.80. The van der Waals surface area contributed by atoms with Gasteiger partial charge >= 0.3 is 0 Å². The van der Waals surface area contributed by atoms with Gasteiger partial charge in [-0.3, -0.25) is 0 Å². The molecule has 1 radical (unpaired) electrons. The maximum absolute atomic E-state index is 0. The molecule has 0 N–H and O–H groups in total. The number of hydrogen-bond acceptors (Lipinski definition) is 0. The molecule has 0 aromatic heterocycles. The van der Waals surface area contributed by atoms with Crippen molar-refractivity contribution in [1.29, 1.82) is 0 Å². The van der Waals surface area contributed by atoms with E-state index >= 15 is 0 Å². The first-order valence-electron chi connectivity index (χ1n) is 0. The van der Waals surface area contributed by atoms with Crippen molar-refractivity contribution in [3.8, 4) is 0 Å². The first kappa shape index (κ1) is 436. The van der Waals surface area contributed by atoms with Gasteiger partial charge in [-0.2, -0.15) is 0 Å². The Morgan fingerprint density at radius 1 is 0.400 bits per heavy atom. The molecule has 1 heteroatoms. The molecule has 0 unspecified atom stereocenters. The second-order valence-corrected chi connectivity index (χ2v) is 0. The maximum Gasteiger partial charge on any atom is 0 e. The number of hydrogen-bond donors (Lipinski definition) is 0. The largest absolute Gasteiger partial charge is 0.358 e. The van der Waals surface area contributed by atoms with E-state index in [1.807, 2.05) is 0 Å². The van der Waals surface area contributed by atoms with Gasteiger partial charge in [-0.05, 0) is 0 Å². The predicted molar refractivity (Wildman–Crippen MR) is 25.7 cm³/mol. The van der Waals surface area contributed by atoms with Gasteiger partial charge in [0.15, 0.2) is 0 Å². The van der Waals surface area contributed by atoms with Crippen LogP contribution in [0.1, 0.15) is 0 Å². The van der Waals surface area contributed by atoms with Crippen LogP contribution < -0.4 is 0 Å². The van der Waals surface area contributed by atoms with Crippen molar-refractivity contribution in [2.45, 2.75) is 0 Å². The van der Waals surface area contributed by atoms with Gasteiger partial charge in [-0.25, -0.2) is 0 Å². The minimum absolute atomic E-state index is 0. The summed E-state index contributed by atoms with van der Waals surface area (Å²) < 4.78 is 0. The van der Waals surface area contributed by atoms with Crippen LogP contribution in [-0.4, -0.2) is 0 Å². The van der Waals surface area contributed by atoms with Crippen molar-refractivity contribution in [1.82, 2.24) is 0 Å². The molecule has 0 aliphatic carbocycles. The molecule has 0 spiro atoms. The van der Waals surface area contributed by atoms with Crippen LogP contribution in [0.15, 0.2) is 0 Å². The Kier molecular flexibility index (Phi) is 18800. The molecular weight excluding hydrogens is 107 g/mol. The second-order valence-electron chi connectivity index (χ2n) is 0. The van der Waals surface area contributed by atoms with Crippen molar-refractivity contribution >= 4 is 0 Å². The number of rotatable bonds is 0. The van der Waals surface area contributed by atoms with Crippen LogP contribution >= 0.6 is 0 Å². The quantitative estimate of drug-likeness (QED) is 0.426. The van der Waals surface area contributed by atoms with E-state index in [9.17, 15) is 0 Å². The van der Waals surface area contributed by atoms with Gasteiger partial charge in [0.05, 0.1) is 0 Å². The molecule has 0 atom stereocenters. The van der Waals surface area contributed by atoms with Crippen molar-refractivity contribution < 1.29 is 16.8 Å². The Bertz CT molecular complexity index is 3.61. The van der Waals surface area contributed by atoms with E-state index in [1.54, 1.807) is 0 Å². The van der Waals surface area contributed by atoms with Crippen molar-refractivity contribution in [2.75, 3.05) is 0 Å². The smallest absolute Gasteiger partial charge is 0 e. The Balaban J connectivity index is 0. The van der Waals surface area contributed by atoms with Crippen LogP contribution in [0.25, 0.3) is 0 Å². The summed E-state index contributed by atoms with van der Waals surface area (Å²) in [5.41, 5.74) is 0. The third-order valence-electron chi connectivity index (χ3n) is 0. The molecule has 0 saturated carbocycles. The maximum atomic E-state index is 0. The monoisotopic (exact) mass is 119 g/mol. The molecule has 0 aliphatic rings. The third kappa shape index (κ3) is 110. The van der Waals surface area contributed by atoms with E-state index in [1.165, 1.54) is 0 Å². The first-order chi connectivity index (χ1) is 0. The van der Waals surface area contributed by atoms with Crippen LogP contribution in [0, 0.1) is 29.7 Å². The van der Waals surface area contributed by atoms with Crippen LogP contribution in [0.5, 0.6) is 0 Å². The molecule has 0 saturated heterocycles. The summed E-state index contributed by atoms with van der Waals surface area (Å²) in [5, 5.41) is 0. The summed E-state index contributed by atoms with van der Waals surface area (Å²) in [6.07, 6.45) is 0. The van der Waals surface area contributed by atoms with Crippen molar-refractivity contribution in [2.24, 2.45) is 0 Å². The summed E-state index contributed by atoms with van der Waals surface area (Å²) in [7, 11) is 0. The molecule has 0 aromatic rings. The minimum atomic E-state index is 0. The van der Waals surface area contributed by atoms with E-state index < -0.39 is 0 Å². The summed E-state index contributed by atoms with van der Waals surface area (Å²) in [5.74, 6) is 0. The van der Waals surface area contributed by atoms with Gasteiger partial charge in [0.25, 0.3) is 0 Å². The summed E-state index contributed by atoms with van der Waals surface area (Å²) in [6.45, 7) is 0. The fourth-order valence-corrected chi connectivity index (χ4v) is 0. The Labute approximate surface area is 47.2 Å². The summed E-state index contributed by atoms with van der Waals surface area (Å²) >= 11 is 0. The van der Waals surface area contributed by atoms with E-state index in [2.05, 4.69) is 0 Å².